The average Bonchev–Trinajstić information content (AvgIpc) is 3.10. The van der Waals surface area contributed by atoms with Gasteiger partial charge in [0.15, 0.2) is 0 Å². The van der Waals surface area contributed by atoms with E-state index in [2.05, 4.69) is 10.2 Å². The summed E-state index contributed by atoms with van der Waals surface area (Å²) in [4.78, 5) is 43.0. The van der Waals surface area contributed by atoms with Crippen LogP contribution in [0, 0.1) is 11.3 Å². The molecule has 1 aromatic carbocycles. The van der Waals surface area contributed by atoms with Gasteiger partial charge in [-0.25, -0.2) is 0 Å². The molecule has 0 aromatic heterocycles. The fraction of sp³-hybridized carbons (Fsp3) is 0.591. The minimum atomic E-state index is -0.345. The van der Waals surface area contributed by atoms with Gasteiger partial charge in [-0.05, 0) is 12.1 Å². The van der Waals surface area contributed by atoms with Crippen molar-refractivity contribution >= 4 is 23.4 Å². The molecule has 0 aliphatic carbocycles. The Hall–Kier alpha value is -2.41. The summed E-state index contributed by atoms with van der Waals surface area (Å²) in [7, 11) is 0. The number of carbonyl (C=O) groups is 3. The first-order chi connectivity index (χ1) is 13.8. The lowest BCUT2D eigenvalue weighted by molar-refractivity contribution is -0.141. The number of nitrogens with one attached hydrogen (secondary N) is 1. The topological polar surface area (TPSA) is 73.0 Å². The Morgan fingerprint density at radius 3 is 2.34 bits per heavy atom. The van der Waals surface area contributed by atoms with Gasteiger partial charge in [-0.3, -0.25) is 19.3 Å². The third-order valence-electron chi connectivity index (χ3n) is 5.59. The summed E-state index contributed by atoms with van der Waals surface area (Å²) in [5, 5.41) is 2.98. The van der Waals surface area contributed by atoms with E-state index >= 15 is 0 Å². The normalized spacial score (nSPS) is 20.8. The molecule has 1 unspecified atom stereocenters. The molecule has 158 valence electrons. The highest BCUT2D eigenvalue weighted by Crippen LogP contribution is 2.24. The molecule has 0 radical (unpaired) electrons. The second-order valence-corrected chi connectivity index (χ2v) is 8.92. The quantitative estimate of drug-likeness (QED) is 0.810. The summed E-state index contributed by atoms with van der Waals surface area (Å²) in [5.74, 6) is -0.169. The van der Waals surface area contributed by atoms with Crippen molar-refractivity contribution in [3.63, 3.8) is 0 Å². The Morgan fingerprint density at radius 1 is 1.07 bits per heavy atom. The zero-order valence-corrected chi connectivity index (χ0v) is 17.7. The Balaban J connectivity index is 1.39. The molecule has 1 N–H and O–H groups in total. The number of nitrogens with zero attached hydrogens (tertiary/aromatic N) is 3. The molecule has 7 nitrogen and oxygen atoms in total. The van der Waals surface area contributed by atoms with Crippen LogP contribution in [0.25, 0.3) is 0 Å². The van der Waals surface area contributed by atoms with Crippen molar-refractivity contribution in [1.82, 2.24) is 15.1 Å². The van der Waals surface area contributed by atoms with Gasteiger partial charge in [0, 0.05) is 63.3 Å². The predicted molar refractivity (Wildman–Crippen MR) is 112 cm³/mol. The van der Waals surface area contributed by atoms with E-state index < -0.39 is 0 Å². The van der Waals surface area contributed by atoms with E-state index in [1.807, 2.05) is 56.0 Å². The van der Waals surface area contributed by atoms with Gasteiger partial charge >= 0.3 is 0 Å². The molecule has 29 heavy (non-hydrogen) atoms. The molecular formula is C22H32N4O3. The fourth-order valence-electron chi connectivity index (χ4n) is 3.87. The van der Waals surface area contributed by atoms with Crippen molar-refractivity contribution in [3.05, 3.63) is 30.3 Å². The van der Waals surface area contributed by atoms with Crippen molar-refractivity contribution < 1.29 is 14.4 Å². The summed E-state index contributed by atoms with van der Waals surface area (Å²) in [6, 6.07) is 9.48. The second kappa shape index (κ2) is 8.95. The molecule has 1 aromatic rings. The summed E-state index contributed by atoms with van der Waals surface area (Å²) in [6.45, 7) is 10.7. The first kappa shape index (κ1) is 21.3. The standard InChI is InChI=1S/C22H32N4O3/c1-22(2,3)21(29)25-13-11-24(12-14-25)10-9-23-20(28)17-15-19(27)26(16-17)18-7-5-4-6-8-18/h4-8,17H,9-16H2,1-3H3,(H,23,28). The largest absolute Gasteiger partial charge is 0.355 e. The van der Waals surface area contributed by atoms with Gasteiger partial charge in [-0.15, -0.1) is 0 Å². The van der Waals surface area contributed by atoms with Gasteiger partial charge < -0.3 is 15.1 Å². The van der Waals surface area contributed by atoms with Crippen molar-refractivity contribution in [1.29, 1.82) is 0 Å². The highest BCUT2D eigenvalue weighted by molar-refractivity contribution is 6.00. The van der Waals surface area contributed by atoms with Gasteiger partial charge in [0.1, 0.15) is 0 Å². The SMILES string of the molecule is CC(C)(C)C(=O)N1CCN(CCNC(=O)C2CC(=O)N(c3ccccc3)C2)CC1. The minimum absolute atomic E-state index is 0.00372. The highest BCUT2D eigenvalue weighted by atomic mass is 16.2. The average molecular weight is 401 g/mol. The number of carbonyl (C=O) groups excluding carboxylic acids is 3. The summed E-state index contributed by atoms with van der Waals surface area (Å²) in [6.07, 6.45) is 0.258. The van der Waals surface area contributed by atoms with Crippen molar-refractivity contribution in [2.24, 2.45) is 11.3 Å². The zero-order valence-electron chi connectivity index (χ0n) is 17.7. The third-order valence-corrected chi connectivity index (χ3v) is 5.59. The van der Waals surface area contributed by atoms with Crippen molar-refractivity contribution in [2.75, 3.05) is 50.7 Å². The first-order valence-electron chi connectivity index (χ1n) is 10.4. The van der Waals surface area contributed by atoms with Crippen LogP contribution in [0.3, 0.4) is 0 Å². The Morgan fingerprint density at radius 2 is 1.72 bits per heavy atom. The number of rotatable bonds is 5. The lowest BCUT2D eigenvalue weighted by atomic mass is 9.94. The lowest BCUT2D eigenvalue weighted by Crippen LogP contribution is -2.52. The lowest BCUT2D eigenvalue weighted by Gasteiger charge is -2.37. The molecule has 7 heteroatoms. The number of hydrogen-bond acceptors (Lipinski definition) is 4. The van der Waals surface area contributed by atoms with Crippen LogP contribution in [-0.2, 0) is 14.4 Å². The molecule has 1 atom stereocenters. The number of hydrogen-bond donors (Lipinski definition) is 1. The highest BCUT2D eigenvalue weighted by Gasteiger charge is 2.35. The van der Waals surface area contributed by atoms with Crippen LogP contribution >= 0.6 is 0 Å². The van der Waals surface area contributed by atoms with E-state index in [1.54, 1.807) is 4.90 Å². The fourth-order valence-corrected chi connectivity index (χ4v) is 3.87. The maximum atomic E-state index is 12.5. The minimum Gasteiger partial charge on any atom is -0.355 e. The molecule has 0 spiro atoms. The van der Waals surface area contributed by atoms with Crippen LogP contribution in [0.5, 0.6) is 0 Å². The van der Waals surface area contributed by atoms with Crippen LogP contribution in [0.15, 0.2) is 30.3 Å². The van der Waals surface area contributed by atoms with Gasteiger partial charge in [0.25, 0.3) is 0 Å². The van der Waals surface area contributed by atoms with Crippen LogP contribution in [-0.4, -0.2) is 73.3 Å². The van der Waals surface area contributed by atoms with Crippen molar-refractivity contribution in [2.45, 2.75) is 27.2 Å². The second-order valence-electron chi connectivity index (χ2n) is 8.92. The molecule has 2 aliphatic rings. The van der Waals surface area contributed by atoms with Crippen molar-refractivity contribution in [3.8, 4) is 0 Å². The molecule has 2 aliphatic heterocycles. The third kappa shape index (κ3) is 5.35. The Bertz CT molecular complexity index is 736. The van der Waals surface area contributed by atoms with Gasteiger partial charge in [-0.2, -0.15) is 0 Å². The van der Waals surface area contributed by atoms with Gasteiger partial charge in [0.05, 0.1) is 5.92 Å². The van der Waals surface area contributed by atoms with E-state index in [4.69, 9.17) is 0 Å². The molecule has 3 amide bonds. The number of para-hydroxylation sites is 1. The molecule has 3 rings (SSSR count). The van der Waals surface area contributed by atoms with Crippen LogP contribution < -0.4 is 10.2 Å². The number of anilines is 1. The van der Waals surface area contributed by atoms with E-state index in [-0.39, 0.29) is 35.5 Å². The zero-order chi connectivity index (χ0) is 21.0. The maximum Gasteiger partial charge on any atom is 0.228 e. The number of benzene rings is 1. The maximum absolute atomic E-state index is 12.5. The molecule has 2 heterocycles. The van der Waals surface area contributed by atoms with E-state index in [9.17, 15) is 14.4 Å². The van der Waals surface area contributed by atoms with Gasteiger partial charge in [-0.1, -0.05) is 39.0 Å². The van der Waals surface area contributed by atoms with E-state index in [0.717, 1.165) is 38.4 Å². The molecule has 2 fully saturated rings. The van der Waals surface area contributed by atoms with E-state index in [1.165, 1.54) is 0 Å². The van der Waals surface area contributed by atoms with Crippen LogP contribution in [0.2, 0.25) is 0 Å². The van der Waals surface area contributed by atoms with E-state index in [0.29, 0.717) is 13.1 Å². The molecule has 0 bridgehead atoms. The number of amides is 3. The smallest absolute Gasteiger partial charge is 0.228 e. The Kier molecular flexibility index (Phi) is 6.57. The van der Waals surface area contributed by atoms with Gasteiger partial charge in [0.2, 0.25) is 17.7 Å². The first-order valence-corrected chi connectivity index (χ1v) is 10.4. The predicted octanol–water partition coefficient (Wildman–Crippen LogP) is 1.35. The summed E-state index contributed by atoms with van der Waals surface area (Å²) >= 11 is 0. The molecule has 0 saturated carbocycles. The Labute approximate surface area is 173 Å². The molecular weight excluding hydrogens is 368 g/mol. The molecule has 2 saturated heterocycles. The summed E-state index contributed by atoms with van der Waals surface area (Å²) in [5.41, 5.74) is 0.498. The van der Waals surface area contributed by atoms with Crippen LogP contribution in [0.4, 0.5) is 5.69 Å². The number of piperazine rings is 1. The summed E-state index contributed by atoms with van der Waals surface area (Å²) < 4.78 is 0. The monoisotopic (exact) mass is 400 g/mol. The van der Waals surface area contributed by atoms with Crippen LogP contribution in [0.1, 0.15) is 27.2 Å².